The summed E-state index contributed by atoms with van der Waals surface area (Å²) in [4.78, 5) is 23.2. The summed E-state index contributed by atoms with van der Waals surface area (Å²) in [5, 5.41) is 8.03. The van der Waals surface area contributed by atoms with Crippen molar-refractivity contribution in [2.45, 2.75) is 19.8 Å². The molecule has 0 bridgehead atoms. The number of benzene rings is 1. The van der Waals surface area contributed by atoms with Crippen LogP contribution in [0.1, 0.15) is 25.3 Å². The second kappa shape index (κ2) is 8.24. The molecule has 0 aliphatic carbocycles. The Balaban J connectivity index is 1.77. The average Bonchev–Trinajstić information content (AvgIpc) is 2.85. The maximum Gasteiger partial charge on any atom is 0.248 e. The van der Waals surface area contributed by atoms with Gasteiger partial charge in [0.2, 0.25) is 11.8 Å². The Morgan fingerprint density at radius 1 is 1.43 bits per heavy atom. The van der Waals surface area contributed by atoms with Crippen LogP contribution in [0.4, 0.5) is 0 Å². The number of halogens is 1. The maximum atomic E-state index is 11.7. The molecule has 0 radical (unpaired) electrons. The molecule has 2 amide bonds. The summed E-state index contributed by atoms with van der Waals surface area (Å²) < 4.78 is 0. The molecule has 0 saturated carbocycles. The van der Waals surface area contributed by atoms with Crippen LogP contribution in [0.5, 0.6) is 0 Å². The number of hydrazone groups is 2. The zero-order chi connectivity index (χ0) is 16.7. The number of carbonyl (C=O) groups excluding carboxylic acids is 2. The minimum absolute atomic E-state index is 0.173. The number of carbonyl (C=O) groups is 2. The molecule has 1 aromatic carbocycles. The van der Waals surface area contributed by atoms with Gasteiger partial charge in [-0.1, -0.05) is 41.9 Å². The maximum absolute atomic E-state index is 11.7. The van der Waals surface area contributed by atoms with Crippen LogP contribution in [-0.2, 0) is 9.59 Å². The van der Waals surface area contributed by atoms with E-state index in [9.17, 15) is 9.59 Å². The number of allylic oxidation sites excluding steroid dienone is 1. The monoisotopic (exact) mass is 332 g/mol. The van der Waals surface area contributed by atoms with Gasteiger partial charge in [-0.2, -0.15) is 10.2 Å². The number of hydrogen-bond donors (Lipinski definition) is 2. The number of nitrogens with zero attached hydrogens (tertiary/aromatic N) is 2. The summed E-state index contributed by atoms with van der Waals surface area (Å²) in [5.41, 5.74) is 6.41. The molecule has 1 aromatic rings. The predicted octanol–water partition coefficient (Wildman–Crippen LogP) is 2.27. The van der Waals surface area contributed by atoms with Gasteiger partial charge in [-0.25, -0.2) is 10.9 Å². The Morgan fingerprint density at radius 3 is 2.83 bits per heavy atom. The van der Waals surface area contributed by atoms with Crippen molar-refractivity contribution in [2.75, 3.05) is 0 Å². The van der Waals surface area contributed by atoms with Crippen molar-refractivity contribution in [1.29, 1.82) is 0 Å². The van der Waals surface area contributed by atoms with Crippen molar-refractivity contribution in [3.63, 3.8) is 0 Å². The molecule has 2 rings (SSSR count). The molecule has 1 aliphatic rings. The van der Waals surface area contributed by atoms with Crippen molar-refractivity contribution < 1.29 is 9.59 Å². The Bertz CT molecular complexity index is 668. The third kappa shape index (κ3) is 5.34. The summed E-state index contributed by atoms with van der Waals surface area (Å²) in [6, 6.07) is 9.53. The zero-order valence-electron chi connectivity index (χ0n) is 12.6. The van der Waals surface area contributed by atoms with Crippen LogP contribution >= 0.6 is 11.6 Å². The third-order valence-corrected chi connectivity index (χ3v) is 3.51. The van der Waals surface area contributed by atoms with Gasteiger partial charge in [0.1, 0.15) is 0 Å². The smallest absolute Gasteiger partial charge is 0.248 e. The highest BCUT2D eigenvalue weighted by molar-refractivity contribution is 6.41. The largest absolute Gasteiger partial charge is 0.273 e. The molecule has 0 aromatic heterocycles. The van der Waals surface area contributed by atoms with E-state index in [0.29, 0.717) is 17.2 Å². The van der Waals surface area contributed by atoms with Gasteiger partial charge in [0.25, 0.3) is 0 Å². The first-order valence-electron chi connectivity index (χ1n) is 7.14. The fourth-order valence-electron chi connectivity index (χ4n) is 2.07. The zero-order valence-corrected chi connectivity index (χ0v) is 13.4. The quantitative estimate of drug-likeness (QED) is 0.618. The Morgan fingerprint density at radius 2 is 2.17 bits per heavy atom. The molecule has 1 aliphatic heterocycles. The molecular formula is C16H17ClN4O2. The number of amides is 2. The first kappa shape index (κ1) is 16.9. The van der Waals surface area contributed by atoms with E-state index in [1.54, 1.807) is 13.0 Å². The highest BCUT2D eigenvalue weighted by Gasteiger charge is 2.26. The van der Waals surface area contributed by atoms with Gasteiger partial charge < -0.3 is 0 Å². The Labute approximate surface area is 139 Å². The van der Waals surface area contributed by atoms with E-state index in [4.69, 9.17) is 11.6 Å². The number of nitrogens with one attached hydrogen (secondary N) is 2. The van der Waals surface area contributed by atoms with Crippen molar-refractivity contribution in [3.05, 3.63) is 40.9 Å². The topological polar surface area (TPSA) is 82.9 Å². The lowest BCUT2D eigenvalue weighted by Crippen LogP contribution is -2.25. The third-order valence-electron chi connectivity index (χ3n) is 3.30. The Kier molecular flexibility index (Phi) is 6.05. The van der Waals surface area contributed by atoms with Gasteiger partial charge in [-0.05, 0) is 25.0 Å². The van der Waals surface area contributed by atoms with Gasteiger partial charge in [0.05, 0.1) is 17.2 Å². The molecule has 1 atom stereocenters. The normalized spacial score (nSPS) is 18.0. The number of rotatable bonds is 6. The van der Waals surface area contributed by atoms with Gasteiger partial charge in [0.15, 0.2) is 0 Å². The van der Waals surface area contributed by atoms with E-state index in [0.717, 1.165) is 5.56 Å². The fraction of sp³-hybridized carbons (Fsp3) is 0.250. The van der Waals surface area contributed by atoms with Crippen LogP contribution in [-0.4, -0.2) is 23.7 Å². The molecule has 23 heavy (non-hydrogen) atoms. The first-order valence-corrected chi connectivity index (χ1v) is 7.52. The van der Waals surface area contributed by atoms with Gasteiger partial charge in [-0.3, -0.25) is 9.59 Å². The molecule has 120 valence electrons. The minimum Gasteiger partial charge on any atom is -0.273 e. The second-order valence-electron chi connectivity index (χ2n) is 5.05. The van der Waals surface area contributed by atoms with E-state index < -0.39 is 0 Å². The molecule has 1 heterocycles. The van der Waals surface area contributed by atoms with Gasteiger partial charge >= 0.3 is 0 Å². The van der Waals surface area contributed by atoms with E-state index in [1.807, 2.05) is 30.3 Å². The lowest BCUT2D eigenvalue weighted by molar-refractivity contribution is -0.123. The minimum atomic E-state index is -0.341. The van der Waals surface area contributed by atoms with Gasteiger partial charge in [0, 0.05) is 12.1 Å². The first-order chi connectivity index (χ1) is 11.1. The SMILES string of the molecule is CC1=NNC(=O)C1CCC(=O)N/N=C\C(Cl)=C\c1ccccc1. The van der Waals surface area contributed by atoms with Crippen LogP contribution < -0.4 is 10.9 Å². The molecule has 0 spiro atoms. The van der Waals surface area contributed by atoms with E-state index in [1.165, 1.54) is 6.21 Å². The Hall–Kier alpha value is -2.47. The standard InChI is InChI=1S/C16H17ClN4O2/c1-11-14(16(23)21-19-11)7-8-15(22)20-18-10-13(17)9-12-5-3-2-4-6-12/h2-6,9-10,14H,7-8H2,1H3,(H,20,22)(H,21,23)/b13-9-,18-10-. The van der Waals surface area contributed by atoms with Crippen LogP contribution in [0.3, 0.4) is 0 Å². The van der Waals surface area contributed by atoms with E-state index in [-0.39, 0.29) is 24.2 Å². The molecular weight excluding hydrogens is 316 g/mol. The fourth-order valence-corrected chi connectivity index (χ4v) is 2.25. The summed E-state index contributed by atoms with van der Waals surface area (Å²) >= 11 is 6.01. The van der Waals surface area contributed by atoms with Crippen molar-refractivity contribution in [1.82, 2.24) is 10.9 Å². The number of hydrogen-bond acceptors (Lipinski definition) is 4. The predicted molar refractivity (Wildman–Crippen MR) is 90.9 cm³/mol. The molecule has 6 nitrogen and oxygen atoms in total. The molecule has 0 saturated heterocycles. The van der Waals surface area contributed by atoms with Crippen LogP contribution in [0.15, 0.2) is 45.6 Å². The van der Waals surface area contributed by atoms with Crippen LogP contribution in [0.2, 0.25) is 0 Å². The summed E-state index contributed by atoms with van der Waals surface area (Å²) in [7, 11) is 0. The highest BCUT2D eigenvalue weighted by Crippen LogP contribution is 2.13. The molecule has 7 heteroatoms. The molecule has 1 unspecified atom stereocenters. The average molecular weight is 333 g/mol. The van der Waals surface area contributed by atoms with Crippen molar-refractivity contribution in [3.8, 4) is 0 Å². The van der Waals surface area contributed by atoms with Crippen molar-refractivity contribution in [2.24, 2.45) is 16.1 Å². The van der Waals surface area contributed by atoms with Crippen LogP contribution in [0.25, 0.3) is 6.08 Å². The van der Waals surface area contributed by atoms with Gasteiger partial charge in [-0.15, -0.1) is 0 Å². The molecule has 2 N–H and O–H groups in total. The lowest BCUT2D eigenvalue weighted by Gasteiger charge is -2.06. The molecule has 0 fully saturated rings. The summed E-state index contributed by atoms with van der Waals surface area (Å²) in [6.45, 7) is 1.76. The lowest BCUT2D eigenvalue weighted by atomic mass is 9.99. The van der Waals surface area contributed by atoms with E-state index in [2.05, 4.69) is 21.1 Å². The van der Waals surface area contributed by atoms with E-state index >= 15 is 0 Å². The summed E-state index contributed by atoms with van der Waals surface area (Å²) in [6.07, 6.45) is 3.68. The van der Waals surface area contributed by atoms with Crippen LogP contribution in [0, 0.1) is 5.92 Å². The van der Waals surface area contributed by atoms with Crippen molar-refractivity contribution >= 4 is 41.4 Å². The summed E-state index contributed by atoms with van der Waals surface area (Å²) in [5.74, 6) is -0.795. The second-order valence-corrected chi connectivity index (χ2v) is 5.49. The highest BCUT2D eigenvalue weighted by atomic mass is 35.5.